The molecule has 2 aromatic carbocycles. The van der Waals surface area contributed by atoms with Crippen molar-refractivity contribution in [2.75, 3.05) is 6.61 Å². The van der Waals surface area contributed by atoms with Crippen LogP contribution < -0.4 is 4.72 Å². The maximum Gasteiger partial charge on any atom is 0.241 e. The first-order chi connectivity index (χ1) is 12.4. The van der Waals surface area contributed by atoms with Crippen molar-refractivity contribution in [1.82, 2.24) is 4.72 Å². The van der Waals surface area contributed by atoms with Crippen LogP contribution in [0, 0.1) is 6.92 Å². The van der Waals surface area contributed by atoms with Gasteiger partial charge in [0.15, 0.2) is 0 Å². The van der Waals surface area contributed by atoms with E-state index in [4.69, 9.17) is 4.74 Å². The minimum atomic E-state index is -3.56. The summed E-state index contributed by atoms with van der Waals surface area (Å²) in [5, 5.41) is 0. The van der Waals surface area contributed by atoms with Gasteiger partial charge in [-0.3, -0.25) is 0 Å². The summed E-state index contributed by atoms with van der Waals surface area (Å²) in [4.78, 5) is 0.273. The molecule has 0 amide bonds. The van der Waals surface area contributed by atoms with E-state index in [9.17, 15) is 8.42 Å². The summed E-state index contributed by atoms with van der Waals surface area (Å²) in [6.07, 6.45) is 1.25. The number of ether oxygens (including phenoxy) is 1. The van der Waals surface area contributed by atoms with E-state index in [1.54, 1.807) is 24.3 Å². The van der Waals surface area contributed by atoms with Crippen molar-refractivity contribution in [3.8, 4) is 0 Å². The average Bonchev–Trinajstić information content (AvgIpc) is 2.64. The van der Waals surface area contributed by atoms with Gasteiger partial charge >= 0.3 is 0 Å². The Kier molecular flexibility index (Phi) is 7.57. The fraction of sp³-hybridized carbons (Fsp3) is 0.333. The van der Waals surface area contributed by atoms with Gasteiger partial charge < -0.3 is 4.74 Å². The van der Waals surface area contributed by atoms with Crippen LogP contribution in [0.4, 0.5) is 0 Å². The first-order valence-corrected chi connectivity index (χ1v) is 10.3. The van der Waals surface area contributed by atoms with Gasteiger partial charge in [0.1, 0.15) is 0 Å². The molecule has 1 unspecified atom stereocenters. The molecule has 0 saturated carbocycles. The fourth-order valence-electron chi connectivity index (χ4n) is 2.57. The highest BCUT2D eigenvalue weighted by molar-refractivity contribution is 7.89. The van der Waals surface area contributed by atoms with E-state index in [0.717, 1.165) is 16.7 Å². The minimum Gasteiger partial charge on any atom is -0.376 e. The topological polar surface area (TPSA) is 55.4 Å². The van der Waals surface area contributed by atoms with Gasteiger partial charge in [-0.25, -0.2) is 13.1 Å². The Balaban J connectivity index is 1.86. The van der Waals surface area contributed by atoms with Crippen molar-refractivity contribution < 1.29 is 13.2 Å². The zero-order valence-corrected chi connectivity index (χ0v) is 16.3. The van der Waals surface area contributed by atoms with Crippen molar-refractivity contribution in [2.24, 2.45) is 0 Å². The van der Waals surface area contributed by atoms with E-state index in [1.165, 1.54) is 0 Å². The van der Waals surface area contributed by atoms with Gasteiger partial charge in [-0.1, -0.05) is 67.1 Å². The van der Waals surface area contributed by atoms with Crippen LogP contribution in [0.1, 0.15) is 30.9 Å². The Bertz CT molecular complexity index is 799. The molecule has 0 bridgehead atoms. The Morgan fingerprint density at radius 2 is 1.77 bits per heavy atom. The molecule has 140 valence electrons. The molecule has 0 saturated heterocycles. The molecule has 0 spiro atoms. The largest absolute Gasteiger partial charge is 0.376 e. The van der Waals surface area contributed by atoms with Crippen LogP contribution in [-0.2, 0) is 21.4 Å². The number of sulfonamides is 1. The summed E-state index contributed by atoms with van der Waals surface area (Å²) in [6, 6.07) is 16.5. The smallest absolute Gasteiger partial charge is 0.241 e. The summed E-state index contributed by atoms with van der Waals surface area (Å²) in [5.74, 6) is 0. The molecular formula is C21H27NO3S. The predicted molar refractivity (Wildman–Crippen MR) is 105 cm³/mol. The third-order valence-corrected chi connectivity index (χ3v) is 5.70. The third-order valence-electron chi connectivity index (χ3n) is 4.21. The Hall–Kier alpha value is -1.95. The zero-order valence-electron chi connectivity index (χ0n) is 15.4. The molecule has 2 rings (SSSR count). The van der Waals surface area contributed by atoms with E-state index in [0.29, 0.717) is 26.1 Å². The second-order valence-electron chi connectivity index (χ2n) is 6.34. The molecule has 0 aliphatic rings. The molecule has 0 heterocycles. The Morgan fingerprint density at radius 3 is 2.38 bits per heavy atom. The summed E-state index contributed by atoms with van der Waals surface area (Å²) in [5.41, 5.74) is 2.97. The highest BCUT2D eigenvalue weighted by atomic mass is 32.2. The van der Waals surface area contributed by atoms with E-state index in [-0.39, 0.29) is 10.9 Å². The Morgan fingerprint density at radius 1 is 1.12 bits per heavy atom. The highest BCUT2D eigenvalue weighted by Gasteiger charge is 2.20. The van der Waals surface area contributed by atoms with E-state index >= 15 is 0 Å². The first-order valence-electron chi connectivity index (χ1n) is 8.80. The lowest BCUT2D eigenvalue weighted by Crippen LogP contribution is -2.35. The number of rotatable bonds is 10. The van der Waals surface area contributed by atoms with Gasteiger partial charge in [-0.05, 0) is 37.5 Å². The van der Waals surface area contributed by atoms with Crippen LogP contribution in [0.2, 0.25) is 0 Å². The normalized spacial score (nSPS) is 12.7. The molecule has 0 aliphatic carbocycles. The SMILES string of the molecule is C=C(CCOCc1ccccc1)C(CC)NS(=O)(=O)c1ccc(C)cc1. The van der Waals surface area contributed by atoms with Gasteiger partial charge in [0.25, 0.3) is 0 Å². The number of nitrogens with one attached hydrogen (secondary N) is 1. The number of hydrogen-bond acceptors (Lipinski definition) is 3. The lowest BCUT2D eigenvalue weighted by atomic mass is 10.1. The summed E-state index contributed by atoms with van der Waals surface area (Å²) in [6.45, 7) is 8.98. The van der Waals surface area contributed by atoms with E-state index in [2.05, 4.69) is 11.3 Å². The zero-order chi connectivity index (χ0) is 19.0. The second-order valence-corrected chi connectivity index (χ2v) is 8.06. The molecule has 5 heteroatoms. The first kappa shape index (κ1) is 20.4. The molecule has 2 aromatic rings. The van der Waals surface area contributed by atoms with Crippen molar-refractivity contribution in [2.45, 2.75) is 44.2 Å². The molecule has 1 atom stereocenters. The molecule has 0 aliphatic heterocycles. The number of hydrogen-bond donors (Lipinski definition) is 1. The lowest BCUT2D eigenvalue weighted by molar-refractivity contribution is 0.123. The minimum absolute atomic E-state index is 0.273. The molecule has 0 radical (unpaired) electrons. The van der Waals surface area contributed by atoms with Crippen LogP contribution in [0.3, 0.4) is 0 Å². The van der Waals surface area contributed by atoms with E-state index in [1.807, 2.05) is 44.2 Å². The van der Waals surface area contributed by atoms with Gasteiger partial charge in [0.05, 0.1) is 18.1 Å². The number of benzene rings is 2. The van der Waals surface area contributed by atoms with Gasteiger partial charge in [-0.2, -0.15) is 0 Å². The molecular weight excluding hydrogens is 346 g/mol. The van der Waals surface area contributed by atoms with E-state index < -0.39 is 10.0 Å². The van der Waals surface area contributed by atoms with Crippen LogP contribution in [0.15, 0.2) is 71.6 Å². The quantitative estimate of drug-likeness (QED) is 0.501. The average molecular weight is 374 g/mol. The second kappa shape index (κ2) is 9.67. The van der Waals surface area contributed by atoms with Crippen LogP contribution in [-0.4, -0.2) is 21.1 Å². The lowest BCUT2D eigenvalue weighted by Gasteiger charge is -2.20. The highest BCUT2D eigenvalue weighted by Crippen LogP contribution is 2.15. The Labute approximate surface area is 157 Å². The van der Waals surface area contributed by atoms with Gasteiger partial charge in [0, 0.05) is 6.04 Å². The maximum atomic E-state index is 12.5. The molecule has 1 N–H and O–H groups in total. The molecule has 26 heavy (non-hydrogen) atoms. The fourth-order valence-corrected chi connectivity index (χ4v) is 3.91. The summed E-state index contributed by atoms with van der Waals surface area (Å²) < 4.78 is 33.5. The molecule has 0 aromatic heterocycles. The molecule has 0 fully saturated rings. The monoisotopic (exact) mass is 373 g/mol. The van der Waals surface area contributed by atoms with Gasteiger partial charge in [-0.15, -0.1) is 0 Å². The van der Waals surface area contributed by atoms with Crippen LogP contribution in [0.5, 0.6) is 0 Å². The third kappa shape index (κ3) is 6.09. The van der Waals surface area contributed by atoms with Gasteiger partial charge in [0.2, 0.25) is 10.0 Å². The summed E-state index contributed by atoms with van der Waals surface area (Å²) >= 11 is 0. The molecule has 4 nitrogen and oxygen atoms in total. The maximum absolute atomic E-state index is 12.5. The van der Waals surface area contributed by atoms with Crippen molar-refractivity contribution in [3.63, 3.8) is 0 Å². The van der Waals surface area contributed by atoms with Crippen molar-refractivity contribution in [1.29, 1.82) is 0 Å². The predicted octanol–water partition coefficient (Wildman–Crippen LogP) is 4.22. The van der Waals surface area contributed by atoms with Crippen molar-refractivity contribution in [3.05, 3.63) is 77.9 Å². The summed E-state index contributed by atoms with van der Waals surface area (Å²) in [7, 11) is -3.56. The standard InChI is InChI=1S/C21H27NO3S/c1-4-21(22-26(23,24)20-12-10-17(2)11-13-20)18(3)14-15-25-16-19-8-6-5-7-9-19/h5-13,21-22H,3-4,14-16H2,1-2H3. The van der Waals surface area contributed by atoms with Crippen molar-refractivity contribution >= 4 is 10.0 Å². The number of aryl methyl sites for hydroxylation is 1. The van der Waals surface area contributed by atoms with Crippen LogP contribution >= 0.6 is 0 Å². The van der Waals surface area contributed by atoms with Crippen LogP contribution in [0.25, 0.3) is 0 Å².